The van der Waals surface area contributed by atoms with Gasteiger partial charge < -0.3 is 19.5 Å². The van der Waals surface area contributed by atoms with Gasteiger partial charge in [0, 0.05) is 13.0 Å². The van der Waals surface area contributed by atoms with Gasteiger partial charge in [-0.2, -0.15) is 0 Å². The molecule has 0 bridgehead atoms. The number of nitrogens with one attached hydrogen (secondary N) is 1. The predicted molar refractivity (Wildman–Crippen MR) is 85.8 cm³/mol. The molecule has 6 nitrogen and oxygen atoms in total. The molecule has 1 heterocycles. The van der Waals surface area contributed by atoms with Crippen molar-refractivity contribution < 1.29 is 23.8 Å². The van der Waals surface area contributed by atoms with Crippen LogP contribution < -0.4 is 19.5 Å². The zero-order valence-electron chi connectivity index (χ0n) is 13.2. The smallest absolute Gasteiger partial charge is 0.313 e. The first-order chi connectivity index (χ1) is 11.6. The molecule has 24 heavy (non-hydrogen) atoms. The molecule has 0 aromatic heterocycles. The normalized spacial score (nSPS) is 13.2. The number of esters is 1. The molecule has 2 aromatic carbocycles. The number of amides is 1. The van der Waals surface area contributed by atoms with Crippen molar-refractivity contribution in [2.75, 3.05) is 6.79 Å². The fraction of sp³-hybridized carbons (Fsp3) is 0.222. The standard InChI is InChI=1S/C18H17NO5/c1-12(20)19-15(13-5-3-2-4-6-13)10-18(21)24-14-7-8-16-17(9-14)23-11-22-16/h2-9,15H,10-11H2,1H3,(H,19,20)/t15-/m1/s1. The molecule has 0 spiro atoms. The Morgan fingerprint density at radius 1 is 1.12 bits per heavy atom. The first kappa shape index (κ1) is 15.9. The van der Waals surface area contributed by atoms with E-state index in [-0.39, 0.29) is 19.1 Å². The second-order valence-electron chi connectivity index (χ2n) is 5.36. The number of fused-ring (bicyclic) bond motifs is 1. The van der Waals surface area contributed by atoms with Crippen LogP contribution in [0.15, 0.2) is 48.5 Å². The third kappa shape index (κ3) is 3.84. The van der Waals surface area contributed by atoms with Crippen molar-refractivity contribution in [3.05, 3.63) is 54.1 Å². The molecule has 0 aliphatic carbocycles. The van der Waals surface area contributed by atoms with Crippen LogP contribution in [0.3, 0.4) is 0 Å². The topological polar surface area (TPSA) is 73.9 Å². The van der Waals surface area contributed by atoms with Crippen molar-refractivity contribution in [1.29, 1.82) is 0 Å². The fourth-order valence-electron chi connectivity index (χ4n) is 2.46. The third-order valence-electron chi connectivity index (χ3n) is 3.53. The van der Waals surface area contributed by atoms with Gasteiger partial charge in [0.1, 0.15) is 5.75 Å². The summed E-state index contributed by atoms with van der Waals surface area (Å²) in [4.78, 5) is 23.6. The number of rotatable bonds is 5. The van der Waals surface area contributed by atoms with Gasteiger partial charge in [-0.15, -0.1) is 0 Å². The van der Waals surface area contributed by atoms with E-state index in [1.54, 1.807) is 18.2 Å². The molecule has 0 saturated carbocycles. The maximum Gasteiger partial charge on any atom is 0.313 e. The summed E-state index contributed by atoms with van der Waals surface area (Å²) in [6.07, 6.45) is 0.0258. The van der Waals surface area contributed by atoms with Crippen LogP contribution in [0, 0.1) is 0 Å². The highest BCUT2D eigenvalue weighted by molar-refractivity contribution is 5.77. The van der Waals surface area contributed by atoms with Gasteiger partial charge in [-0.3, -0.25) is 9.59 Å². The molecule has 0 unspecified atom stereocenters. The van der Waals surface area contributed by atoms with Crippen molar-refractivity contribution in [2.45, 2.75) is 19.4 Å². The summed E-state index contributed by atoms with van der Waals surface area (Å²) in [5.41, 5.74) is 0.843. The van der Waals surface area contributed by atoms with Crippen LogP contribution in [0.2, 0.25) is 0 Å². The summed E-state index contributed by atoms with van der Waals surface area (Å²) in [6, 6.07) is 13.8. The van der Waals surface area contributed by atoms with Crippen LogP contribution in [0.1, 0.15) is 24.9 Å². The Hall–Kier alpha value is -3.02. The largest absolute Gasteiger partial charge is 0.454 e. The minimum Gasteiger partial charge on any atom is -0.454 e. The van der Waals surface area contributed by atoms with E-state index in [9.17, 15) is 9.59 Å². The molecule has 1 aliphatic rings. The van der Waals surface area contributed by atoms with E-state index in [1.807, 2.05) is 30.3 Å². The SMILES string of the molecule is CC(=O)N[C@H](CC(=O)Oc1ccc2c(c1)OCO2)c1ccccc1. The number of carbonyl (C=O) groups excluding carboxylic acids is 2. The van der Waals surface area contributed by atoms with Crippen molar-refractivity contribution >= 4 is 11.9 Å². The van der Waals surface area contributed by atoms with Crippen molar-refractivity contribution in [3.63, 3.8) is 0 Å². The zero-order valence-corrected chi connectivity index (χ0v) is 13.2. The highest BCUT2D eigenvalue weighted by atomic mass is 16.7. The molecule has 6 heteroatoms. The molecular formula is C18H17NO5. The predicted octanol–water partition coefficient (Wildman–Crippen LogP) is 2.59. The molecule has 1 N–H and O–H groups in total. The number of ether oxygens (including phenoxy) is 3. The first-order valence-electron chi connectivity index (χ1n) is 7.54. The van der Waals surface area contributed by atoms with Gasteiger partial charge in [0.2, 0.25) is 12.7 Å². The quantitative estimate of drug-likeness (QED) is 0.675. The number of benzene rings is 2. The van der Waals surface area contributed by atoms with Gasteiger partial charge in [0.05, 0.1) is 12.5 Å². The van der Waals surface area contributed by atoms with E-state index in [0.717, 1.165) is 5.56 Å². The molecule has 0 radical (unpaired) electrons. The van der Waals surface area contributed by atoms with Gasteiger partial charge in [0.15, 0.2) is 11.5 Å². The second kappa shape index (κ2) is 7.04. The number of carbonyl (C=O) groups is 2. The monoisotopic (exact) mass is 327 g/mol. The highest BCUT2D eigenvalue weighted by Gasteiger charge is 2.20. The fourth-order valence-corrected chi connectivity index (χ4v) is 2.46. The lowest BCUT2D eigenvalue weighted by Crippen LogP contribution is -2.29. The average molecular weight is 327 g/mol. The second-order valence-corrected chi connectivity index (χ2v) is 5.36. The first-order valence-corrected chi connectivity index (χ1v) is 7.54. The van der Waals surface area contributed by atoms with E-state index in [2.05, 4.69) is 5.32 Å². The maximum absolute atomic E-state index is 12.2. The van der Waals surface area contributed by atoms with Gasteiger partial charge in [0.25, 0.3) is 0 Å². The molecule has 0 fully saturated rings. The molecule has 1 aliphatic heterocycles. The molecule has 124 valence electrons. The van der Waals surface area contributed by atoms with Crippen LogP contribution in [0.5, 0.6) is 17.2 Å². The van der Waals surface area contributed by atoms with Gasteiger partial charge in [-0.05, 0) is 17.7 Å². The Labute approximate surface area is 139 Å². The van der Waals surface area contributed by atoms with Crippen LogP contribution in [0.25, 0.3) is 0 Å². The summed E-state index contributed by atoms with van der Waals surface area (Å²) >= 11 is 0. The highest BCUT2D eigenvalue weighted by Crippen LogP contribution is 2.35. The lowest BCUT2D eigenvalue weighted by atomic mass is 10.0. The van der Waals surface area contributed by atoms with E-state index in [1.165, 1.54) is 6.92 Å². The third-order valence-corrected chi connectivity index (χ3v) is 3.53. The summed E-state index contributed by atoms with van der Waals surface area (Å²) in [6.45, 7) is 1.57. The Kier molecular flexibility index (Phi) is 4.65. The number of hydrogen-bond donors (Lipinski definition) is 1. The van der Waals surface area contributed by atoms with Crippen LogP contribution in [-0.2, 0) is 9.59 Å². The Bertz CT molecular complexity index is 744. The van der Waals surface area contributed by atoms with Crippen LogP contribution in [-0.4, -0.2) is 18.7 Å². The lowest BCUT2D eigenvalue weighted by Gasteiger charge is -2.17. The van der Waals surface area contributed by atoms with E-state index in [0.29, 0.717) is 17.2 Å². The summed E-state index contributed by atoms with van der Waals surface area (Å²) in [5, 5.41) is 2.77. The molecule has 1 atom stereocenters. The maximum atomic E-state index is 12.2. The van der Waals surface area contributed by atoms with Crippen LogP contribution in [0.4, 0.5) is 0 Å². The van der Waals surface area contributed by atoms with E-state index in [4.69, 9.17) is 14.2 Å². The summed E-state index contributed by atoms with van der Waals surface area (Å²) in [5.74, 6) is 0.882. The Balaban J connectivity index is 1.68. The molecular weight excluding hydrogens is 310 g/mol. The lowest BCUT2D eigenvalue weighted by molar-refractivity contribution is -0.135. The molecule has 1 amide bonds. The van der Waals surface area contributed by atoms with Crippen molar-refractivity contribution in [1.82, 2.24) is 5.32 Å². The van der Waals surface area contributed by atoms with Crippen LogP contribution >= 0.6 is 0 Å². The minimum atomic E-state index is -0.448. The van der Waals surface area contributed by atoms with Crippen molar-refractivity contribution in [3.8, 4) is 17.2 Å². The van der Waals surface area contributed by atoms with Gasteiger partial charge in [-0.1, -0.05) is 30.3 Å². The average Bonchev–Trinajstić information content (AvgIpc) is 3.02. The van der Waals surface area contributed by atoms with Gasteiger partial charge in [-0.25, -0.2) is 0 Å². The summed E-state index contributed by atoms with van der Waals surface area (Å²) in [7, 11) is 0. The van der Waals surface area contributed by atoms with Gasteiger partial charge >= 0.3 is 5.97 Å². The Morgan fingerprint density at radius 3 is 2.62 bits per heavy atom. The molecule has 2 aromatic rings. The van der Waals surface area contributed by atoms with E-state index >= 15 is 0 Å². The number of hydrogen-bond acceptors (Lipinski definition) is 5. The van der Waals surface area contributed by atoms with E-state index < -0.39 is 12.0 Å². The molecule has 0 saturated heterocycles. The summed E-state index contributed by atoms with van der Waals surface area (Å²) < 4.78 is 15.8. The molecule has 3 rings (SSSR count). The minimum absolute atomic E-state index is 0.0258. The zero-order chi connectivity index (χ0) is 16.9. The van der Waals surface area contributed by atoms with Crippen molar-refractivity contribution in [2.24, 2.45) is 0 Å². The Morgan fingerprint density at radius 2 is 1.88 bits per heavy atom.